The Labute approximate surface area is 107 Å². The number of morpholine rings is 1. The predicted molar refractivity (Wildman–Crippen MR) is 71.1 cm³/mol. The molecule has 1 saturated heterocycles. The molecule has 1 heterocycles. The molecule has 0 bridgehead atoms. The maximum Gasteiger partial charge on any atom is 0.125 e. The van der Waals surface area contributed by atoms with Crippen LogP contribution in [0.5, 0.6) is 5.75 Å². The molecule has 0 aromatic heterocycles. The summed E-state index contributed by atoms with van der Waals surface area (Å²) in [6, 6.07) is 4.29. The van der Waals surface area contributed by atoms with Crippen molar-refractivity contribution in [1.82, 2.24) is 5.32 Å². The van der Waals surface area contributed by atoms with Gasteiger partial charge in [0.25, 0.3) is 0 Å². The topological polar surface area (TPSA) is 30.5 Å². The van der Waals surface area contributed by atoms with Gasteiger partial charge in [-0.2, -0.15) is 0 Å². The lowest BCUT2D eigenvalue weighted by Crippen LogP contribution is -2.33. The quantitative estimate of drug-likeness (QED) is 0.838. The first-order valence-corrected chi connectivity index (χ1v) is 7.03. The molecule has 4 heteroatoms. The van der Waals surface area contributed by atoms with Crippen molar-refractivity contribution in [3.63, 3.8) is 0 Å². The summed E-state index contributed by atoms with van der Waals surface area (Å²) in [6.07, 6.45) is 2.20. The fourth-order valence-electron chi connectivity index (χ4n) is 2.09. The highest BCUT2D eigenvalue weighted by Gasteiger charge is 2.20. The maximum atomic E-state index is 5.79. The Morgan fingerprint density at radius 1 is 1.47 bits per heavy atom. The van der Waals surface area contributed by atoms with Crippen molar-refractivity contribution in [2.24, 2.45) is 0 Å². The average molecular weight is 253 g/mol. The van der Waals surface area contributed by atoms with E-state index in [-0.39, 0.29) is 6.10 Å². The third kappa shape index (κ3) is 2.76. The Morgan fingerprint density at radius 3 is 2.88 bits per heavy atom. The van der Waals surface area contributed by atoms with Gasteiger partial charge in [0.1, 0.15) is 5.75 Å². The fraction of sp³-hybridized carbons (Fsp3) is 0.538. The second-order valence-corrected chi connectivity index (χ2v) is 4.98. The maximum absolute atomic E-state index is 5.79. The summed E-state index contributed by atoms with van der Waals surface area (Å²) < 4.78 is 11.3. The molecule has 1 unspecified atom stereocenters. The van der Waals surface area contributed by atoms with Gasteiger partial charge in [0.05, 0.1) is 19.8 Å². The normalized spacial score (nSPS) is 20.3. The Balaban J connectivity index is 2.35. The Hall–Kier alpha value is -0.710. The van der Waals surface area contributed by atoms with E-state index in [1.165, 1.54) is 10.5 Å². The molecule has 1 fully saturated rings. The summed E-state index contributed by atoms with van der Waals surface area (Å²) in [5.41, 5.74) is 2.40. The summed E-state index contributed by atoms with van der Waals surface area (Å²) in [7, 11) is 1.72. The number of ether oxygens (including phenoxy) is 2. The number of aryl methyl sites for hydroxylation is 1. The zero-order valence-electron chi connectivity index (χ0n) is 10.6. The van der Waals surface area contributed by atoms with E-state index >= 15 is 0 Å². The van der Waals surface area contributed by atoms with Crippen LogP contribution >= 0.6 is 11.8 Å². The highest BCUT2D eigenvalue weighted by atomic mass is 32.2. The summed E-state index contributed by atoms with van der Waals surface area (Å²) >= 11 is 1.76. The van der Waals surface area contributed by atoms with E-state index in [1.54, 1.807) is 18.9 Å². The molecule has 1 aromatic rings. The highest BCUT2D eigenvalue weighted by molar-refractivity contribution is 7.98. The van der Waals surface area contributed by atoms with Crippen molar-refractivity contribution in [3.05, 3.63) is 23.3 Å². The number of hydrogen-bond donors (Lipinski definition) is 1. The Kier molecular flexibility index (Phi) is 4.31. The smallest absolute Gasteiger partial charge is 0.125 e. The van der Waals surface area contributed by atoms with E-state index in [9.17, 15) is 0 Å². The number of benzene rings is 1. The summed E-state index contributed by atoms with van der Waals surface area (Å²) in [6.45, 7) is 4.65. The lowest BCUT2D eigenvalue weighted by Gasteiger charge is -2.26. The van der Waals surface area contributed by atoms with Crippen LogP contribution in [0.1, 0.15) is 17.2 Å². The molecule has 1 aliphatic heterocycles. The van der Waals surface area contributed by atoms with Gasteiger partial charge in [-0.05, 0) is 30.9 Å². The molecule has 3 nitrogen and oxygen atoms in total. The van der Waals surface area contributed by atoms with E-state index < -0.39 is 0 Å². The van der Waals surface area contributed by atoms with Crippen molar-refractivity contribution in [2.45, 2.75) is 17.9 Å². The second-order valence-electron chi connectivity index (χ2n) is 4.13. The largest absolute Gasteiger partial charge is 0.496 e. The molecule has 0 aliphatic carbocycles. The van der Waals surface area contributed by atoms with Crippen LogP contribution in [-0.4, -0.2) is 33.1 Å². The van der Waals surface area contributed by atoms with Crippen LogP contribution < -0.4 is 10.1 Å². The first kappa shape index (κ1) is 12.7. The fourth-order valence-corrected chi connectivity index (χ4v) is 2.72. The molecule has 1 aliphatic rings. The van der Waals surface area contributed by atoms with E-state index in [2.05, 4.69) is 30.6 Å². The van der Waals surface area contributed by atoms with Crippen molar-refractivity contribution >= 4 is 11.8 Å². The third-order valence-electron chi connectivity index (χ3n) is 3.02. The minimum Gasteiger partial charge on any atom is -0.496 e. The first-order chi connectivity index (χ1) is 8.26. The van der Waals surface area contributed by atoms with Gasteiger partial charge in [-0.15, -0.1) is 11.8 Å². The van der Waals surface area contributed by atoms with Gasteiger partial charge in [0.2, 0.25) is 0 Å². The minimum absolute atomic E-state index is 0.102. The van der Waals surface area contributed by atoms with Crippen LogP contribution in [-0.2, 0) is 4.74 Å². The molecule has 0 radical (unpaired) electrons. The zero-order valence-corrected chi connectivity index (χ0v) is 11.4. The zero-order chi connectivity index (χ0) is 12.3. The molecule has 1 N–H and O–H groups in total. The van der Waals surface area contributed by atoms with Crippen molar-refractivity contribution < 1.29 is 9.47 Å². The monoisotopic (exact) mass is 253 g/mol. The van der Waals surface area contributed by atoms with Crippen molar-refractivity contribution in [1.29, 1.82) is 0 Å². The van der Waals surface area contributed by atoms with Gasteiger partial charge in [0, 0.05) is 23.5 Å². The van der Waals surface area contributed by atoms with Crippen LogP contribution in [0.15, 0.2) is 17.0 Å². The van der Waals surface area contributed by atoms with Gasteiger partial charge in [0.15, 0.2) is 0 Å². The Morgan fingerprint density at radius 2 is 2.29 bits per heavy atom. The second kappa shape index (κ2) is 5.76. The number of nitrogens with one attached hydrogen (secondary N) is 1. The SMILES string of the molecule is COc1cc(C)c(SC)cc1C1CNCCO1. The van der Waals surface area contributed by atoms with E-state index in [4.69, 9.17) is 9.47 Å². The van der Waals surface area contributed by atoms with Gasteiger partial charge in [-0.1, -0.05) is 0 Å². The first-order valence-electron chi connectivity index (χ1n) is 5.81. The molecule has 94 valence electrons. The van der Waals surface area contributed by atoms with Gasteiger partial charge in [-0.25, -0.2) is 0 Å². The van der Waals surface area contributed by atoms with Crippen LogP contribution in [0.3, 0.4) is 0 Å². The molecule has 0 spiro atoms. The summed E-state index contributed by atoms with van der Waals surface area (Å²) in [5, 5.41) is 3.35. The number of methoxy groups -OCH3 is 1. The molecule has 2 rings (SSSR count). The number of rotatable bonds is 3. The van der Waals surface area contributed by atoms with Gasteiger partial charge in [-0.3, -0.25) is 0 Å². The van der Waals surface area contributed by atoms with E-state index in [0.29, 0.717) is 0 Å². The molecular weight excluding hydrogens is 234 g/mol. The molecule has 17 heavy (non-hydrogen) atoms. The molecule has 0 amide bonds. The summed E-state index contributed by atoms with van der Waals surface area (Å²) in [5.74, 6) is 0.925. The highest BCUT2D eigenvalue weighted by Crippen LogP contribution is 2.34. The Bertz CT molecular complexity index is 389. The lowest BCUT2D eigenvalue weighted by atomic mass is 10.0. The standard InChI is InChI=1S/C13H19NO2S/c1-9-6-11(15-2)10(7-13(9)17-3)12-8-14-4-5-16-12/h6-7,12,14H,4-5,8H2,1-3H3. The average Bonchev–Trinajstić information content (AvgIpc) is 2.39. The van der Waals surface area contributed by atoms with Crippen molar-refractivity contribution in [3.8, 4) is 5.75 Å². The molecule has 1 aromatic carbocycles. The third-order valence-corrected chi connectivity index (χ3v) is 3.90. The van der Waals surface area contributed by atoms with Crippen LogP contribution in [0.25, 0.3) is 0 Å². The van der Waals surface area contributed by atoms with E-state index in [1.807, 2.05) is 0 Å². The molecule has 0 saturated carbocycles. The van der Waals surface area contributed by atoms with Gasteiger partial charge >= 0.3 is 0 Å². The number of thioether (sulfide) groups is 1. The lowest BCUT2D eigenvalue weighted by molar-refractivity contribution is 0.0261. The predicted octanol–water partition coefficient (Wildman–Crippen LogP) is 2.39. The molecular formula is C13H19NO2S. The van der Waals surface area contributed by atoms with E-state index in [0.717, 1.165) is 31.0 Å². The number of hydrogen-bond acceptors (Lipinski definition) is 4. The van der Waals surface area contributed by atoms with Gasteiger partial charge < -0.3 is 14.8 Å². The van der Waals surface area contributed by atoms with Crippen LogP contribution in [0, 0.1) is 6.92 Å². The summed E-state index contributed by atoms with van der Waals surface area (Å²) in [4.78, 5) is 1.29. The van der Waals surface area contributed by atoms with Crippen LogP contribution in [0.4, 0.5) is 0 Å². The van der Waals surface area contributed by atoms with Crippen molar-refractivity contribution in [2.75, 3.05) is 33.1 Å². The minimum atomic E-state index is 0.102. The molecule has 1 atom stereocenters. The van der Waals surface area contributed by atoms with Crippen LogP contribution in [0.2, 0.25) is 0 Å².